The van der Waals surface area contributed by atoms with E-state index in [2.05, 4.69) is 5.10 Å². The number of fused-ring (bicyclic) bond motifs is 1. The van der Waals surface area contributed by atoms with Crippen LogP contribution in [0.25, 0.3) is 16.9 Å². The summed E-state index contributed by atoms with van der Waals surface area (Å²) in [6.07, 6.45) is 2.42. The van der Waals surface area contributed by atoms with Gasteiger partial charge in [-0.3, -0.25) is 4.79 Å². The summed E-state index contributed by atoms with van der Waals surface area (Å²) in [5.74, 6) is -0.152. The molecule has 1 aliphatic rings. The Balaban J connectivity index is 1.39. The average molecular weight is 453 g/mol. The van der Waals surface area contributed by atoms with Gasteiger partial charge in [0.05, 0.1) is 12.8 Å². The molecule has 0 aliphatic carbocycles. The third kappa shape index (κ3) is 4.15. The summed E-state index contributed by atoms with van der Waals surface area (Å²) in [7, 11) is 1.59. The molecule has 7 heteroatoms. The zero-order chi connectivity index (χ0) is 23.5. The highest BCUT2D eigenvalue weighted by atomic mass is 16.5. The van der Waals surface area contributed by atoms with Crippen molar-refractivity contribution in [3.63, 3.8) is 0 Å². The van der Waals surface area contributed by atoms with Gasteiger partial charge in [0, 0.05) is 24.0 Å². The Hall–Kier alpha value is -4.39. The number of aromatic nitrogens is 2. The van der Waals surface area contributed by atoms with E-state index < -0.39 is 5.97 Å². The fourth-order valence-electron chi connectivity index (χ4n) is 4.08. The van der Waals surface area contributed by atoms with Crippen LogP contribution in [0.1, 0.15) is 15.9 Å². The van der Waals surface area contributed by atoms with Gasteiger partial charge in [0.2, 0.25) is 0 Å². The van der Waals surface area contributed by atoms with E-state index in [0.717, 1.165) is 28.9 Å². The van der Waals surface area contributed by atoms with Crippen molar-refractivity contribution < 1.29 is 19.1 Å². The van der Waals surface area contributed by atoms with Gasteiger partial charge in [0.25, 0.3) is 5.91 Å². The van der Waals surface area contributed by atoms with Gasteiger partial charge in [0.1, 0.15) is 17.0 Å². The Morgan fingerprint density at radius 2 is 1.68 bits per heavy atom. The van der Waals surface area contributed by atoms with E-state index in [1.54, 1.807) is 35.0 Å². The van der Waals surface area contributed by atoms with Gasteiger partial charge in [0.15, 0.2) is 6.61 Å². The van der Waals surface area contributed by atoms with E-state index in [9.17, 15) is 9.59 Å². The lowest BCUT2D eigenvalue weighted by molar-refractivity contribution is -0.121. The van der Waals surface area contributed by atoms with E-state index in [4.69, 9.17) is 9.47 Å². The summed E-state index contributed by atoms with van der Waals surface area (Å²) in [6, 6.07) is 24.6. The fraction of sp³-hybridized carbons (Fsp3) is 0.148. The largest absolute Gasteiger partial charge is 0.497 e. The van der Waals surface area contributed by atoms with Crippen LogP contribution in [-0.4, -0.2) is 41.9 Å². The van der Waals surface area contributed by atoms with E-state index in [0.29, 0.717) is 18.0 Å². The minimum atomic E-state index is -0.603. The molecule has 34 heavy (non-hydrogen) atoms. The molecule has 5 rings (SSSR count). The Kier molecular flexibility index (Phi) is 5.82. The molecule has 170 valence electrons. The van der Waals surface area contributed by atoms with Crippen molar-refractivity contribution >= 4 is 17.6 Å². The van der Waals surface area contributed by atoms with Gasteiger partial charge in [-0.2, -0.15) is 5.10 Å². The van der Waals surface area contributed by atoms with Crippen LogP contribution in [0, 0.1) is 0 Å². The molecule has 0 saturated carbocycles. The molecular formula is C27H23N3O4. The molecule has 0 saturated heterocycles. The van der Waals surface area contributed by atoms with E-state index >= 15 is 0 Å². The number of rotatable bonds is 6. The molecule has 3 aromatic carbocycles. The lowest BCUT2D eigenvalue weighted by Crippen LogP contribution is -2.33. The Morgan fingerprint density at radius 1 is 0.941 bits per heavy atom. The lowest BCUT2D eigenvalue weighted by atomic mass is 10.1. The Bertz CT molecular complexity index is 1330. The standard InChI is InChI=1S/C27H23N3O4/c1-33-22-13-11-20(12-14-22)26-23(17-30(28-26)21-8-3-2-4-9-21)27(32)34-18-25(31)29-16-15-19-7-5-6-10-24(19)29/h2-14,17H,15-16,18H2,1H3. The molecule has 2 heterocycles. The molecule has 4 aromatic rings. The van der Waals surface area contributed by atoms with Gasteiger partial charge < -0.3 is 14.4 Å². The molecule has 0 fully saturated rings. The van der Waals surface area contributed by atoms with Crippen LogP contribution in [0.3, 0.4) is 0 Å². The van der Waals surface area contributed by atoms with Crippen LogP contribution in [0.2, 0.25) is 0 Å². The summed E-state index contributed by atoms with van der Waals surface area (Å²) in [4.78, 5) is 27.6. The molecular weight excluding hydrogens is 430 g/mol. The van der Waals surface area contributed by atoms with Crippen molar-refractivity contribution in [3.8, 4) is 22.7 Å². The molecule has 1 aromatic heterocycles. The average Bonchev–Trinajstić information content (AvgIpc) is 3.53. The summed E-state index contributed by atoms with van der Waals surface area (Å²) >= 11 is 0. The fourth-order valence-corrected chi connectivity index (χ4v) is 4.08. The van der Waals surface area contributed by atoms with Crippen LogP contribution in [0.15, 0.2) is 85.1 Å². The topological polar surface area (TPSA) is 73.7 Å². The summed E-state index contributed by atoms with van der Waals surface area (Å²) < 4.78 is 12.3. The number of amides is 1. The second-order valence-electron chi connectivity index (χ2n) is 7.90. The maximum Gasteiger partial charge on any atom is 0.342 e. The minimum Gasteiger partial charge on any atom is -0.497 e. The molecule has 1 amide bonds. The number of para-hydroxylation sites is 2. The van der Waals surface area contributed by atoms with Crippen molar-refractivity contribution in [1.82, 2.24) is 9.78 Å². The summed E-state index contributed by atoms with van der Waals surface area (Å²) in [5, 5.41) is 4.64. The predicted molar refractivity (Wildman–Crippen MR) is 128 cm³/mol. The van der Waals surface area contributed by atoms with Gasteiger partial charge in [-0.05, 0) is 54.4 Å². The highest BCUT2D eigenvalue weighted by Crippen LogP contribution is 2.28. The van der Waals surface area contributed by atoms with E-state index in [1.807, 2.05) is 66.7 Å². The van der Waals surface area contributed by atoms with Crippen molar-refractivity contribution in [3.05, 3.63) is 96.2 Å². The number of methoxy groups -OCH3 is 1. The minimum absolute atomic E-state index is 0.250. The van der Waals surface area contributed by atoms with Crippen molar-refractivity contribution in [2.75, 3.05) is 25.2 Å². The van der Waals surface area contributed by atoms with Crippen LogP contribution in [0.4, 0.5) is 5.69 Å². The quantitative estimate of drug-likeness (QED) is 0.407. The van der Waals surface area contributed by atoms with Crippen LogP contribution in [-0.2, 0) is 16.0 Å². The first-order chi connectivity index (χ1) is 16.6. The molecule has 7 nitrogen and oxygen atoms in total. The maximum absolute atomic E-state index is 13.1. The summed E-state index contributed by atoms with van der Waals surface area (Å²) in [6.45, 7) is 0.241. The molecule has 0 N–H and O–H groups in total. The predicted octanol–water partition coefficient (Wildman–Crippen LogP) is 4.29. The van der Waals surface area contributed by atoms with Crippen molar-refractivity contribution in [1.29, 1.82) is 0 Å². The molecule has 0 atom stereocenters. The van der Waals surface area contributed by atoms with Crippen LogP contribution in [0.5, 0.6) is 5.75 Å². The molecule has 0 radical (unpaired) electrons. The normalized spacial score (nSPS) is 12.3. The Labute approximate surface area is 197 Å². The van der Waals surface area contributed by atoms with Crippen LogP contribution < -0.4 is 9.64 Å². The number of hydrogen-bond acceptors (Lipinski definition) is 5. The second kappa shape index (κ2) is 9.23. The number of esters is 1. The highest BCUT2D eigenvalue weighted by Gasteiger charge is 2.26. The molecule has 1 aliphatic heterocycles. The molecule has 0 spiro atoms. The van der Waals surface area contributed by atoms with Crippen LogP contribution >= 0.6 is 0 Å². The second-order valence-corrected chi connectivity index (χ2v) is 7.90. The van der Waals surface area contributed by atoms with Crippen molar-refractivity contribution in [2.45, 2.75) is 6.42 Å². The monoisotopic (exact) mass is 453 g/mol. The maximum atomic E-state index is 13.1. The lowest BCUT2D eigenvalue weighted by Gasteiger charge is -2.17. The molecule has 0 bridgehead atoms. The first-order valence-corrected chi connectivity index (χ1v) is 11.0. The number of carbonyl (C=O) groups is 2. The van der Waals surface area contributed by atoms with E-state index in [-0.39, 0.29) is 18.1 Å². The SMILES string of the molecule is COc1ccc(-c2nn(-c3ccccc3)cc2C(=O)OCC(=O)N2CCc3ccccc32)cc1. The zero-order valence-corrected chi connectivity index (χ0v) is 18.7. The number of ether oxygens (including phenoxy) is 2. The third-order valence-corrected chi connectivity index (χ3v) is 5.83. The molecule has 0 unspecified atom stereocenters. The number of anilines is 1. The highest BCUT2D eigenvalue weighted by molar-refractivity contribution is 6.00. The van der Waals surface area contributed by atoms with Gasteiger partial charge >= 0.3 is 5.97 Å². The van der Waals surface area contributed by atoms with Gasteiger partial charge in [-0.15, -0.1) is 0 Å². The van der Waals surface area contributed by atoms with E-state index in [1.165, 1.54) is 0 Å². The van der Waals surface area contributed by atoms with Gasteiger partial charge in [-0.25, -0.2) is 9.48 Å². The number of carbonyl (C=O) groups excluding carboxylic acids is 2. The number of hydrogen-bond donors (Lipinski definition) is 0. The first kappa shape index (κ1) is 21.5. The first-order valence-electron chi connectivity index (χ1n) is 11.0. The smallest absolute Gasteiger partial charge is 0.342 e. The summed E-state index contributed by atoms with van der Waals surface area (Å²) in [5.41, 5.74) is 4.29. The third-order valence-electron chi connectivity index (χ3n) is 5.83. The number of benzene rings is 3. The Morgan fingerprint density at radius 3 is 2.44 bits per heavy atom. The van der Waals surface area contributed by atoms with Gasteiger partial charge in [-0.1, -0.05) is 36.4 Å². The number of nitrogens with zero attached hydrogens (tertiary/aromatic N) is 3. The zero-order valence-electron chi connectivity index (χ0n) is 18.7. The van der Waals surface area contributed by atoms with Crippen molar-refractivity contribution in [2.24, 2.45) is 0 Å².